The van der Waals surface area contributed by atoms with Crippen LogP contribution in [-0.4, -0.2) is 36.5 Å². The van der Waals surface area contributed by atoms with Crippen molar-refractivity contribution in [3.05, 3.63) is 59.3 Å². The van der Waals surface area contributed by atoms with Crippen molar-refractivity contribution in [1.82, 2.24) is 4.90 Å². The van der Waals surface area contributed by atoms with E-state index in [9.17, 15) is 9.59 Å². The highest BCUT2D eigenvalue weighted by atomic mass is 16.2. The lowest BCUT2D eigenvalue weighted by atomic mass is 10.1. The minimum Gasteiger partial charge on any atom is -0.325 e. The summed E-state index contributed by atoms with van der Waals surface area (Å²) in [5.41, 5.74) is 7.54. The van der Waals surface area contributed by atoms with Crippen LogP contribution in [0.1, 0.15) is 20.7 Å². The molecule has 1 heterocycles. The van der Waals surface area contributed by atoms with Gasteiger partial charge in [-0.15, -0.1) is 0 Å². The van der Waals surface area contributed by atoms with E-state index in [0.717, 1.165) is 0 Å². The molecule has 0 aromatic heterocycles. The number of carbonyl (C=O) groups excluding carboxylic acids is 2. The van der Waals surface area contributed by atoms with Crippen LogP contribution in [0.2, 0.25) is 0 Å². The highest BCUT2D eigenvalue weighted by Crippen LogP contribution is 2.24. The molecule has 1 aliphatic heterocycles. The molecule has 1 aliphatic rings. The molecule has 0 spiro atoms. The molecule has 1 aromatic rings. The predicted octanol–water partition coefficient (Wildman–Crippen LogP) is 1.38. The minimum absolute atomic E-state index is 0.0986. The smallest absolute Gasteiger partial charge is 0.261 e. The van der Waals surface area contributed by atoms with Crippen LogP contribution in [0, 0.1) is 0 Å². The van der Waals surface area contributed by atoms with Gasteiger partial charge in [0.2, 0.25) is 0 Å². The SMILES string of the molecule is C=C/C(CN1C(=O)c2ccccc2C1=O)=C(/CN)N=C. The standard InChI is InChI=1S/C15H15N3O2/c1-3-10(13(8-16)17-2)9-18-14(19)11-6-4-5-7-12(11)15(18)20/h3-7H,1-2,8-9,16H2/b13-10+. The lowest BCUT2D eigenvalue weighted by molar-refractivity contribution is 0.0669. The van der Waals surface area contributed by atoms with Crippen molar-refractivity contribution in [2.24, 2.45) is 10.7 Å². The quantitative estimate of drug-likeness (QED) is 0.498. The molecule has 0 saturated carbocycles. The Balaban J connectivity index is 2.35. The fraction of sp³-hybridized carbons (Fsp3) is 0.133. The first kappa shape index (κ1) is 13.9. The van der Waals surface area contributed by atoms with E-state index in [0.29, 0.717) is 22.4 Å². The van der Waals surface area contributed by atoms with Gasteiger partial charge < -0.3 is 5.73 Å². The molecule has 2 amide bonds. The monoisotopic (exact) mass is 269 g/mol. The number of hydrogen-bond acceptors (Lipinski definition) is 4. The number of carbonyl (C=O) groups is 2. The first-order valence-corrected chi connectivity index (χ1v) is 6.10. The van der Waals surface area contributed by atoms with Gasteiger partial charge in [0.25, 0.3) is 11.8 Å². The fourth-order valence-electron chi connectivity index (χ4n) is 2.12. The van der Waals surface area contributed by atoms with Crippen LogP contribution in [0.5, 0.6) is 0 Å². The number of nitrogens with zero attached hydrogens (tertiary/aromatic N) is 2. The normalized spacial score (nSPS) is 14.9. The zero-order valence-corrected chi connectivity index (χ0v) is 11.0. The van der Waals surface area contributed by atoms with Crippen molar-refractivity contribution in [1.29, 1.82) is 0 Å². The van der Waals surface area contributed by atoms with Gasteiger partial charge in [0.15, 0.2) is 0 Å². The Bertz CT molecular complexity index is 597. The van der Waals surface area contributed by atoms with Crippen molar-refractivity contribution in [3.8, 4) is 0 Å². The van der Waals surface area contributed by atoms with Gasteiger partial charge in [-0.05, 0) is 24.4 Å². The summed E-state index contributed by atoms with van der Waals surface area (Å²) in [7, 11) is 0. The Morgan fingerprint density at radius 3 is 2.20 bits per heavy atom. The van der Waals surface area contributed by atoms with Crippen LogP contribution in [0.25, 0.3) is 0 Å². The molecular weight excluding hydrogens is 254 g/mol. The molecule has 0 aliphatic carbocycles. The van der Waals surface area contributed by atoms with Crippen molar-refractivity contribution in [2.75, 3.05) is 13.1 Å². The Kier molecular flexibility index (Phi) is 3.91. The number of imide groups is 1. The highest BCUT2D eigenvalue weighted by molar-refractivity contribution is 6.21. The number of aliphatic imine (C=N–C) groups is 1. The second-order valence-electron chi connectivity index (χ2n) is 4.28. The number of amides is 2. The molecule has 1 aromatic carbocycles. The molecule has 0 bridgehead atoms. The van der Waals surface area contributed by atoms with Gasteiger partial charge in [-0.2, -0.15) is 0 Å². The summed E-state index contributed by atoms with van der Waals surface area (Å²) in [5, 5.41) is 0. The van der Waals surface area contributed by atoms with E-state index in [-0.39, 0.29) is 24.9 Å². The zero-order valence-electron chi connectivity index (χ0n) is 11.0. The maximum absolute atomic E-state index is 12.2. The average Bonchev–Trinajstić information content (AvgIpc) is 2.72. The molecule has 0 atom stereocenters. The predicted molar refractivity (Wildman–Crippen MR) is 77.6 cm³/mol. The molecule has 20 heavy (non-hydrogen) atoms. The summed E-state index contributed by atoms with van der Waals surface area (Å²) in [6.45, 7) is 7.37. The number of rotatable bonds is 5. The Labute approximate surface area is 117 Å². The molecule has 0 fully saturated rings. The number of fused-ring (bicyclic) bond motifs is 1. The summed E-state index contributed by atoms with van der Waals surface area (Å²) < 4.78 is 0. The summed E-state index contributed by atoms with van der Waals surface area (Å²) >= 11 is 0. The molecule has 0 radical (unpaired) electrons. The van der Waals surface area contributed by atoms with Crippen molar-refractivity contribution >= 4 is 18.5 Å². The van der Waals surface area contributed by atoms with E-state index in [2.05, 4.69) is 18.3 Å². The van der Waals surface area contributed by atoms with Crippen LogP contribution in [0.15, 0.2) is 53.2 Å². The van der Waals surface area contributed by atoms with Crippen molar-refractivity contribution < 1.29 is 9.59 Å². The Morgan fingerprint density at radius 2 is 1.80 bits per heavy atom. The third-order valence-corrected chi connectivity index (χ3v) is 3.21. The zero-order chi connectivity index (χ0) is 14.7. The largest absolute Gasteiger partial charge is 0.325 e. The first-order valence-electron chi connectivity index (χ1n) is 6.10. The lowest BCUT2D eigenvalue weighted by Gasteiger charge is -2.16. The van der Waals surface area contributed by atoms with Gasteiger partial charge in [0, 0.05) is 6.54 Å². The number of benzene rings is 1. The minimum atomic E-state index is -0.314. The fourth-order valence-corrected chi connectivity index (χ4v) is 2.12. The van der Waals surface area contributed by atoms with E-state index in [1.54, 1.807) is 30.3 Å². The van der Waals surface area contributed by atoms with Crippen molar-refractivity contribution in [3.63, 3.8) is 0 Å². The number of nitrogens with two attached hydrogens (primary N) is 1. The van der Waals surface area contributed by atoms with Gasteiger partial charge in [-0.25, -0.2) is 0 Å². The second kappa shape index (κ2) is 5.63. The summed E-state index contributed by atoms with van der Waals surface area (Å²) in [5.74, 6) is -0.629. The maximum Gasteiger partial charge on any atom is 0.261 e. The molecule has 2 N–H and O–H groups in total. The lowest BCUT2D eigenvalue weighted by Crippen LogP contribution is -2.32. The summed E-state index contributed by atoms with van der Waals surface area (Å²) in [6.07, 6.45) is 1.54. The topological polar surface area (TPSA) is 75.8 Å². The molecule has 5 nitrogen and oxygen atoms in total. The van der Waals surface area contributed by atoms with Crippen molar-refractivity contribution in [2.45, 2.75) is 0 Å². The molecule has 2 rings (SSSR count). The van der Waals surface area contributed by atoms with Crippen LogP contribution in [-0.2, 0) is 0 Å². The van der Waals surface area contributed by atoms with E-state index < -0.39 is 0 Å². The van der Waals surface area contributed by atoms with Gasteiger partial charge in [0.1, 0.15) is 0 Å². The highest BCUT2D eigenvalue weighted by Gasteiger charge is 2.35. The molecule has 102 valence electrons. The molecule has 0 saturated heterocycles. The molecular formula is C15H15N3O2. The van der Waals surface area contributed by atoms with Gasteiger partial charge >= 0.3 is 0 Å². The van der Waals surface area contributed by atoms with Gasteiger partial charge in [-0.1, -0.05) is 24.8 Å². The molecule has 5 heteroatoms. The van der Waals surface area contributed by atoms with E-state index in [1.807, 2.05) is 0 Å². The number of hydrogen-bond donors (Lipinski definition) is 1. The van der Waals surface area contributed by atoms with Crippen LogP contribution >= 0.6 is 0 Å². The molecule has 0 unspecified atom stereocenters. The maximum atomic E-state index is 12.2. The van der Waals surface area contributed by atoms with E-state index >= 15 is 0 Å². The van der Waals surface area contributed by atoms with E-state index in [1.165, 1.54) is 4.90 Å². The second-order valence-corrected chi connectivity index (χ2v) is 4.28. The van der Waals surface area contributed by atoms with E-state index in [4.69, 9.17) is 5.73 Å². The van der Waals surface area contributed by atoms with Crippen LogP contribution in [0.4, 0.5) is 0 Å². The van der Waals surface area contributed by atoms with Crippen LogP contribution in [0.3, 0.4) is 0 Å². The average molecular weight is 269 g/mol. The third-order valence-electron chi connectivity index (χ3n) is 3.21. The summed E-state index contributed by atoms with van der Waals surface area (Å²) in [4.78, 5) is 29.4. The van der Waals surface area contributed by atoms with Gasteiger partial charge in [0.05, 0.1) is 23.4 Å². The first-order chi connectivity index (χ1) is 9.63. The Hall–Kier alpha value is -2.53. The summed E-state index contributed by atoms with van der Waals surface area (Å²) in [6, 6.07) is 6.74. The van der Waals surface area contributed by atoms with Gasteiger partial charge in [-0.3, -0.25) is 19.5 Å². The Morgan fingerprint density at radius 1 is 1.25 bits per heavy atom. The van der Waals surface area contributed by atoms with Crippen LogP contribution < -0.4 is 5.73 Å². The third kappa shape index (κ3) is 2.19.